The van der Waals surface area contributed by atoms with E-state index < -0.39 is 0 Å². The maximum Gasteiger partial charge on any atom is 0.127 e. The first-order chi connectivity index (χ1) is 9.78. The average molecular weight is 283 g/mol. The Morgan fingerprint density at radius 3 is 2.20 bits per heavy atom. The van der Waals surface area contributed by atoms with Crippen LogP contribution in [0, 0.1) is 0 Å². The number of nitrogens with one attached hydrogen (secondary N) is 1. The standard InChI is InChI=1S/C15H25NO4/c1-5-16-12(11-20-10-9-17-2)15-13(18-3)7-6-8-14(15)19-4/h6-8,12,16H,5,9-11H2,1-4H3. The molecule has 20 heavy (non-hydrogen) atoms. The van der Waals surface area contributed by atoms with Gasteiger partial charge in [-0.15, -0.1) is 0 Å². The molecule has 0 aliphatic rings. The molecule has 1 atom stereocenters. The van der Waals surface area contributed by atoms with Gasteiger partial charge < -0.3 is 24.3 Å². The second-order valence-corrected chi connectivity index (χ2v) is 4.25. The number of methoxy groups -OCH3 is 3. The van der Waals surface area contributed by atoms with E-state index in [0.29, 0.717) is 19.8 Å². The summed E-state index contributed by atoms with van der Waals surface area (Å²) < 4.78 is 21.5. The van der Waals surface area contributed by atoms with Gasteiger partial charge in [0.15, 0.2) is 0 Å². The molecule has 114 valence electrons. The molecule has 0 spiro atoms. The minimum atomic E-state index is 0.0166. The molecule has 0 amide bonds. The van der Waals surface area contributed by atoms with Gasteiger partial charge >= 0.3 is 0 Å². The quantitative estimate of drug-likeness (QED) is 0.666. The molecular formula is C15H25NO4. The third-order valence-corrected chi connectivity index (χ3v) is 2.98. The molecule has 5 nitrogen and oxygen atoms in total. The number of hydrogen-bond acceptors (Lipinski definition) is 5. The minimum absolute atomic E-state index is 0.0166. The van der Waals surface area contributed by atoms with Gasteiger partial charge in [-0.2, -0.15) is 0 Å². The molecule has 0 saturated carbocycles. The van der Waals surface area contributed by atoms with Crippen LogP contribution >= 0.6 is 0 Å². The molecule has 0 radical (unpaired) electrons. The molecule has 5 heteroatoms. The van der Waals surface area contributed by atoms with Crippen LogP contribution in [-0.4, -0.2) is 47.7 Å². The fourth-order valence-corrected chi connectivity index (χ4v) is 2.06. The predicted molar refractivity (Wildman–Crippen MR) is 78.7 cm³/mol. The zero-order valence-electron chi connectivity index (χ0n) is 12.8. The fourth-order valence-electron chi connectivity index (χ4n) is 2.06. The molecule has 1 N–H and O–H groups in total. The zero-order chi connectivity index (χ0) is 14.8. The van der Waals surface area contributed by atoms with Crippen LogP contribution in [0.3, 0.4) is 0 Å². The van der Waals surface area contributed by atoms with Crippen molar-refractivity contribution in [3.63, 3.8) is 0 Å². The summed E-state index contributed by atoms with van der Waals surface area (Å²) in [5.41, 5.74) is 0.983. The van der Waals surface area contributed by atoms with Crippen LogP contribution < -0.4 is 14.8 Å². The van der Waals surface area contributed by atoms with Crippen molar-refractivity contribution in [2.75, 3.05) is 47.7 Å². The average Bonchev–Trinajstić information content (AvgIpc) is 2.49. The Morgan fingerprint density at radius 1 is 1.05 bits per heavy atom. The fraction of sp³-hybridized carbons (Fsp3) is 0.600. The van der Waals surface area contributed by atoms with E-state index in [-0.39, 0.29) is 6.04 Å². The largest absolute Gasteiger partial charge is 0.496 e. The van der Waals surface area contributed by atoms with Gasteiger partial charge in [-0.3, -0.25) is 0 Å². The molecular weight excluding hydrogens is 258 g/mol. The van der Waals surface area contributed by atoms with Gasteiger partial charge in [0.2, 0.25) is 0 Å². The van der Waals surface area contributed by atoms with Crippen LogP contribution in [0.15, 0.2) is 18.2 Å². The molecule has 0 aromatic heterocycles. The Balaban J connectivity index is 2.88. The van der Waals surface area contributed by atoms with Crippen molar-refractivity contribution in [1.29, 1.82) is 0 Å². The van der Waals surface area contributed by atoms with Gasteiger partial charge in [0.25, 0.3) is 0 Å². The van der Waals surface area contributed by atoms with E-state index in [0.717, 1.165) is 23.6 Å². The molecule has 0 aliphatic carbocycles. The van der Waals surface area contributed by atoms with Gasteiger partial charge in [-0.05, 0) is 18.7 Å². The zero-order valence-corrected chi connectivity index (χ0v) is 12.8. The van der Waals surface area contributed by atoms with Crippen molar-refractivity contribution < 1.29 is 18.9 Å². The summed E-state index contributed by atoms with van der Waals surface area (Å²) in [5.74, 6) is 1.59. The van der Waals surface area contributed by atoms with E-state index in [4.69, 9.17) is 18.9 Å². The van der Waals surface area contributed by atoms with Crippen molar-refractivity contribution in [1.82, 2.24) is 5.32 Å². The van der Waals surface area contributed by atoms with E-state index in [1.54, 1.807) is 21.3 Å². The normalized spacial score (nSPS) is 12.2. The first-order valence-electron chi connectivity index (χ1n) is 6.79. The number of likely N-dealkylation sites (N-methyl/N-ethyl adjacent to an activating group) is 1. The van der Waals surface area contributed by atoms with Crippen LogP contribution in [0.5, 0.6) is 11.5 Å². The molecule has 0 heterocycles. The van der Waals surface area contributed by atoms with Crippen LogP contribution in [0.25, 0.3) is 0 Å². The van der Waals surface area contributed by atoms with Gasteiger partial charge in [0.1, 0.15) is 11.5 Å². The molecule has 1 unspecified atom stereocenters. The Hall–Kier alpha value is -1.30. The first-order valence-corrected chi connectivity index (χ1v) is 6.79. The maximum atomic E-state index is 5.64. The third kappa shape index (κ3) is 4.67. The van der Waals surface area contributed by atoms with Crippen LogP contribution in [0.2, 0.25) is 0 Å². The van der Waals surface area contributed by atoms with Crippen molar-refractivity contribution >= 4 is 0 Å². The van der Waals surface area contributed by atoms with Crippen molar-refractivity contribution in [2.45, 2.75) is 13.0 Å². The molecule has 1 aromatic rings. The van der Waals surface area contributed by atoms with Gasteiger partial charge in [-0.1, -0.05) is 13.0 Å². The number of benzene rings is 1. The summed E-state index contributed by atoms with van der Waals surface area (Å²) in [5, 5.41) is 3.40. The highest BCUT2D eigenvalue weighted by Crippen LogP contribution is 2.34. The van der Waals surface area contributed by atoms with E-state index in [1.807, 2.05) is 18.2 Å². The lowest BCUT2D eigenvalue weighted by atomic mass is 10.0. The lowest BCUT2D eigenvalue weighted by Crippen LogP contribution is -2.27. The van der Waals surface area contributed by atoms with E-state index in [2.05, 4.69) is 12.2 Å². The molecule has 0 bridgehead atoms. The molecule has 1 rings (SSSR count). The highest BCUT2D eigenvalue weighted by Gasteiger charge is 2.20. The highest BCUT2D eigenvalue weighted by atomic mass is 16.5. The van der Waals surface area contributed by atoms with E-state index in [1.165, 1.54) is 0 Å². The molecule has 0 aliphatic heterocycles. The van der Waals surface area contributed by atoms with Crippen molar-refractivity contribution in [3.8, 4) is 11.5 Å². The number of hydrogen-bond donors (Lipinski definition) is 1. The first kappa shape index (κ1) is 16.8. The lowest BCUT2D eigenvalue weighted by molar-refractivity contribution is 0.0581. The third-order valence-electron chi connectivity index (χ3n) is 2.98. The second kappa shape index (κ2) is 9.58. The van der Waals surface area contributed by atoms with Crippen LogP contribution in [-0.2, 0) is 9.47 Å². The number of ether oxygens (including phenoxy) is 4. The van der Waals surface area contributed by atoms with E-state index in [9.17, 15) is 0 Å². The second-order valence-electron chi connectivity index (χ2n) is 4.25. The Labute approximate surface area is 121 Å². The van der Waals surface area contributed by atoms with E-state index >= 15 is 0 Å². The van der Waals surface area contributed by atoms with Crippen LogP contribution in [0.4, 0.5) is 0 Å². The maximum absolute atomic E-state index is 5.64. The van der Waals surface area contributed by atoms with Gasteiger partial charge in [0, 0.05) is 7.11 Å². The summed E-state index contributed by atoms with van der Waals surface area (Å²) in [4.78, 5) is 0. The predicted octanol–water partition coefficient (Wildman–Crippen LogP) is 2.02. The Bertz CT molecular complexity index is 362. The summed E-state index contributed by atoms with van der Waals surface area (Å²) in [6.07, 6.45) is 0. The summed E-state index contributed by atoms with van der Waals surface area (Å²) in [7, 11) is 4.98. The van der Waals surface area contributed by atoms with Crippen molar-refractivity contribution in [2.24, 2.45) is 0 Å². The lowest BCUT2D eigenvalue weighted by Gasteiger charge is -2.23. The topological polar surface area (TPSA) is 49.0 Å². The molecule has 0 fully saturated rings. The summed E-state index contributed by atoms with van der Waals surface area (Å²) in [6.45, 7) is 4.58. The monoisotopic (exact) mass is 283 g/mol. The molecule has 0 saturated heterocycles. The summed E-state index contributed by atoms with van der Waals surface area (Å²) in [6, 6.07) is 5.79. The van der Waals surface area contributed by atoms with Gasteiger partial charge in [0.05, 0.1) is 45.6 Å². The highest BCUT2D eigenvalue weighted by molar-refractivity contribution is 5.47. The summed E-state index contributed by atoms with van der Waals surface area (Å²) >= 11 is 0. The molecule has 1 aromatic carbocycles. The Morgan fingerprint density at radius 2 is 1.70 bits per heavy atom. The van der Waals surface area contributed by atoms with Crippen LogP contribution in [0.1, 0.15) is 18.5 Å². The SMILES string of the molecule is CCNC(COCCOC)c1c(OC)cccc1OC. The Kier molecular flexibility index (Phi) is 8.02. The minimum Gasteiger partial charge on any atom is -0.496 e. The number of rotatable bonds is 10. The smallest absolute Gasteiger partial charge is 0.127 e. The van der Waals surface area contributed by atoms with Gasteiger partial charge in [-0.25, -0.2) is 0 Å². The van der Waals surface area contributed by atoms with Crippen molar-refractivity contribution in [3.05, 3.63) is 23.8 Å².